The third-order valence-electron chi connectivity index (χ3n) is 8.71. The van der Waals surface area contributed by atoms with Crippen LogP contribution in [-0.4, -0.2) is 15.8 Å². The van der Waals surface area contributed by atoms with Crippen LogP contribution in [0.4, 0.5) is 13.2 Å². The van der Waals surface area contributed by atoms with E-state index in [-0.39, 0.29) is 5.41 Å². The molecule has 2 aromatic rings. The Bertz CT molecular complexity index is 1040. The predicted octanol–water partition coefficient (Wildman–Crippen LogP) is 6.71. The zero-order valence-corrected chi connectivity index (χ0v) is 18.2. The van der Waals surface area contributed by atoms with Gasteiger partial charge in [-0.25, -0.2) is 0 Å². The van der Waals surface area contributed by atoms with Crippen LogP contribution in [0.2, 0.25) is 0 Å². The number of hydrogen-bond acceptors (Lipinski definition) is 2. The molecule has 0 spiro atoms. The third kappa shape index (κ3) is 3.37. The molecule has 2 N–H and O–H groups in total. The van der Waals surface area contributed by atoms with Crippen molar-refractivity contribution < 1.29 is 23.4 Å². The van der Waals surface area contributed by atoms with Crippen LogP contribution in [0, 0.1) is 17.3 Å². The first-order chi connectivity index (χ1) is 15.1. The molecule has 32 heavy (non-hydrogen) atoms. The van der Waals surface area contributed by atoms with E-state index < -0.39 is 17.3 Å². The summed E-state index contributed by atoms with van der Waals surface area (Å²) < 4.78 is 38.5. The first-order valence-electron chi connectivity index (χ1n) is 11.5. The Morgan fingerprint density at radius 3 is 2.47 bits per heavy atom. The van der Waals surface area contributed by atoms with Crippen LogP contribution >= 0.6 is 0 Å². The Morgan fingerprint density at radius 1 is 1.00 bits per heavy atom. The zero-order chi connectivity index (χ0) is 22.7. The van der Waals surface area contributed by atoms with Gasteiger partial charge in [0.05, 0.1) is 11.2 Å². The van der Waals surface area contributed by atoms with Gasteiger partial charge in [-0.2, -0.15) is 13.2 Å². The summed E-state index contributed by atoms with van der Waals surface area (Å²) >= 11 is 0. The summed E-state index contributed by atoms with van der Waals surface area (Å²) in [6, 6.07) is 10.9. The van der Waals surface area contributed by atoms with Crippen molar-refractivity contribution >= 4 is 6.08 Å². The Kier molecular flexibility index (Phi) is 4.97. The molecule has 4 unspecified atom stereocenters. The molecular formula is C27H29F3O2. The lowest BCUT2D eigenvalue weighted by Gasteiger charge is -2.52. The summed E-state index contributed by atoms with van der Waals surface area (Å²) in [7, 11) is 0. The number of rotatable bonds is 2. The average molecular weight is 443 g/mol. The monoisotopic (exact) mass is 442 g/mol. The highest BCUT2D eigenvalue weighted by Crippen LogP contribution is 2.64. The van der Waals surface area contributed by atoms with Gasteiger partial charge < -0.3 is 10.2 Å². The molecule has 5 rings (SSSR count). The van der Waals surface area contributed by atoms with E-state index in [1.807, 2.05) is 12.1 Å². The molecule has 0 heterocycles. The summed E-state index contributed by atoms with van der Waals surface area (Å²) in [6.07, 6.45) is 4.85. The van der Waals surface area contributed by atoms with Crippen LogP contribution in [-0.2, 0) is 12.6 Å². The molecule has 5 heteroatoms. The van der Waals surface area contributed by atoms with Crippen LogP contribution in [0.15, 0.2) is 48.5 Å². The number of fused-ring (bicyclic) bond motifs is 5. The maximum Gasteiger partial charge on any atom is 0.416 e. The van der Waals surface area contributed by atoms with Crippen molar-refractivity contribution in [2.75, 3.05) is 0 Å². The number of phenolic OH excluding ortho intramolecular Hbond substituents is 1. The summed E-state index contributed by atoms with van der Waals surface area (Å²) in [5, 5.41) is 21.6. The molecule has 0 amide bonds. The molecule has 2 aromatic carbocycles. The Morgan fingerprint density at radius 2 is 1.75 bits per heavy atom. The predicted molar refractivity (Wildman–Crippen MR) is 118 cm³/mol. The van der Waals surface area contributed by atoms with Gasteiger partial charge in [-0.05, 0) is 97.2 Å². The molecular weight excluding hydrogens is 413 g/mol. The quantitative estimate of drug-likeness (QED) is 0.543. The largest absolute Gasteiger partial charge is 0.508 e. The second kappa shape index (κ2) is 7.38. The minimum absolute atomic E-state index is 0.245. The van der Waals surface area contributed by atoms with Crippen molar-refractivity contribution in [1.82, 2.24) is 0 Å². The molecule has 0 aromatic heterocycles. The molecule has 2 nitrogen and oxygen atoms in total. The number of hydrogen-bond donors (Lipinski definition) is 2. The lowest BCUT2D eigenvalue weighted by molar-refractivity contribution is -0.137. The number of alkyl halides is 3. The van der Waals surface area contributed by atoms with Gasteiger partial charge in [-0.3, -0.25) is 0 Å². The van der Waals surface area contributed by atoms with E-state index in [2.05, 4.69) is 13.0 Å². The van der Waals surface area contributed by atoms with E-state index in [0.29, 0.717) is 35.5 Å². The molecule has 3 aliphatic carbocycles. The normalized spacial score (nSPS) is 34.2. The number of halogens is 3. The fourth-order valence-electron chi connectivity index (χ4n) is 6.91. The first-order valence-corrected chi connectivity index (χ1v) is 11.5. The van der Waals surface area contributed by atoms with Crippen LogP contribution in [0.3, 0.4) is 0 Å². The minimum Gasteiger partial charge on any atom is -0.508 e. The van der Waals surface area contributed by atoms with Gasteiger partial charge in [0.1, 0.15) is 5.75 Å². The number of benzene rings is 2. The first kappa shape index (κ1) is 21.6. The van der Waals surface area contributed by atoms with Gasteiger partial charge in [0.25, 0.3) is 0 Å². The molecule has 2 saturated carbocycles. The van der Waals surface area contributed by atoms with Crippen molar-refractivity contribution in [3.63, 3.8) is 0 Å². The Balaban J connectivity index is 1.38. The highest BCUT2D eigenvalue weighted by Gasteiger charge is 2.60. The van der Waals surface area contributed by atoms with Gasteiger partial charge in [-0.15, -0.1) is 0 Å². The number of aliphatic hydroxyl groups is 1. The fraction of sp³-hybridized carbons (Fsp3) is 0.481. The van der Waals surface area contributed by atoms with E-state index in [1.165, 1.54) is 23.3 Å². The molecule has 5 atom stereocenters. The minimum atomic E-state index is -4.34. The standard InChI is InChI=1S/C27H29F3O2/c1-25-13-11-22-21-9-7-20(31)16-18(21)4-8-23(22)24(25)12-15-26(25,32)14-10-17-2-5-19(6-3-17)27(28,29)30/h2-3,5-7,9-10,14,16,22-24,31-32H,4,8,11-13,15H2,1H3/b14-10+/t22?,23?,24?,25?,26-/m0/s1. The summed E-state index contributed by atoms with van der Waals surface area (Å²) in [5.41, 5.74) is 1.41. The van der Waals surface area contributed by atoms with Crippen LogP contribution in [0.25, 0.3) is 6.08 Å². The maximum absolute atomic E-state index is 12.8. The second-order valence-electron chi connectivity index (χ2n) is 10.2. The summed E-state index contributed by atoms with van der Waals surface area (Å²) in [5.74, 6) is 1.72. The lowest BCUT2D eigenvalue weighted by Crippen LogP contribution is -2.49. The Hall–Kier alpha value is -2.27. The SMILES string of the molecule is CC12CCC3c4ccc(O)cc4CCC3C1CC[C@@]2(O)/C=C/c1ccc(C(F)(F)F)cc1. The van der Waals surface area contributed by atoms with Gasteiger partial charge >= 0.3 is 6.18 Å². The van der Waals surface area contributed by atoms with Gasteiger partial charge in [0, 0.05) is 5.41 Å². The van der Waals surface area contributed by atoms with Crippen LogP contribution in [0.5, 0.6) is 5.75 Å². The summed E-state index contributed by atoms with van der Waals surface area (Å²) in [4.78, 5) is 0. The third-order valence-corrected chi connectivity index (χ3v) is 8.71. The van der Waals surface area contributed by atoms with E-state index in [4.69, 9.17) is 0 Å². The lowest BCUT2D eigenvalue weighted by atomic mass is 9.53. The molecule has 3 aliphatic rings. The van der Waals surface area contributed by atoms with E-state index >= 15 is 0 Å². The topological polar surface area (TPSA) is 40.5 Å². The maximum atomic E-state index is 12.8. The van der Waals surface area contributed by atoms with Gasteiger partial charge in [0.15, 0.2) is 0 Å². The number of aryl methyl sites for hydroxylation is 1. The molecule has 170 valence electrons. The van der Waals surface area contributed by atoms with Crippen LogP contribution < -0.4 is 0 Å². The zero-order valence-electron chi connectivity index (χ0n) is 18.2. The van der Waals surface area contributed by atoms with Gasteiger partial charge in [-0.1, -0.05) is 37.3 Å². The van der Waals surface area contributed by atoms with Crippen molar-refractivity contribution in [2.24, 2.45) is 17.3 Å². The molecule has 0 radical (unpaired) electrons. The van der Waals surface area contributed by atoms with E-state index in [1.54, 1.807) is 12.1 Å². The summed E-state index contributed by atoms with van der Waals surface area (Å²) in [6.45, 7) is 2.20. The van der Waals surface area contributed by atoms with Crippen molar-refractivity contribution in [3.8, 4) is 5.75 Å². The highest BCUT2D eigenvalue weighted by molar-refractivity contribution is 5.52. The Labute approximate surface area is 186 Å². The molecule has 0 aliphatic heterocycles. The molecule has 0 bridgehead atoms. The average Bonchev–Trinajstić information content (AvgIpc) is 3.03. The van der Waals surface area contributed by atoms with E-state index in [9.17, 15) is 23.4 Å². The second-order valence-corrected chi connectivity index (χ2v) is 10.2. The van der Waals surface area contributed by atoms with E-state index in [0.717, 1.165) is 44.2 Å². The molecule has 0 saturated heterocycles. The van der Waals surface area contributed by atoms with Gasteiger partial charge in [0.2, 0.25) is 0 Å². The number of aromatic hydroxyl groups is 1. The van der Waals surface area contributed by atoms with Crippen molar-refractivity contribution in [3.05, 3.63) is 70.8 Å². The van der Waals surface area contributed by atoms with Crippen molar-refractivity contribution in [1.29, 1.82) is 0 Å². The molecule has 2 fully saturated rings. The fourth-order valence-corrected chi connectivity index (χ4v) is 6.91. The highest BCUT2D eigenvalue weighted by atomic mass is 19.4. The van der Waals surface area contributed by atoms with Crippen molar-refractivity contribution in [2.45, 2.75) is 63.1 Å². The van der Waals surface area contributed by atoms with Crippen LogP contribution in [0.1, 0.15) is 67.2 Å². The smallest absolute Gasteiger partial charge is 0.416 e. The number of phenols is 1.